The fourth-order valence-corrected chi connectivity index (χ4v) is 3.33. The third kappa shape index (κ3) is 2.93. The third-order valence-corrected chi connectivity index (χ3v) is 4.72. The summed E-state index contributed by atoms with van der Waals surface area (Å²) in [4.78, 5) is 25.3. The van der Waals surface area contributed by atoms with Crippen LogP contribution in [0.2, 0.25) is 0 Å². The van der Waals surface area contributed by atoms with Crippen LogP contribution in [0, 0.1) is 0 Å². The van der Waals surface area contributed by atoms with Gasteiger partial charge in [0.25, 0.3) is 5.91 Å². The van der Waals surface area contributed by atoms with Crippen molar-refractivity contribution in [1.82, 2.24) is 20.3 Å². The number of amides is 1. The summed E-state index contributed by atoms with van der Waals surface area (Å²) in [7, 11) is 0. The van der Waals surface area contributed by atoms with Crippen LogP contribution in [-0.2, 0) is 0 Å². The van der Waals surface area contributed by atoms with Gasteiger partial charge in [0, 0.05) is 12.4 Å². The van der Waals surface area contributed by atoms with Gasteiger partial charge in [-0.25, -0.2) is 15.0 Å². The maximum Gasteiger partial charge on any atom is 0.263 e. The smallest absolute Gasteiger partial charge is 0.263 e. The first kappa shape index (κ1) is 14.1. The number of hydrogen-bond acceptors (Lipinski definition) is 6. The van der Waals surface area contributed by atoms with E-state index in [9.17, 15) is 9.90 Å². The number of hydrogen-bond donors (Lipinski definition) is 2. The van der Waals surface area contributed by atoms with Crippen molar-refractivity contribution in [3.05, 3.63) is 29.5 Å². The van der Waals surface area contributed by atoms with Crippen molar-refractivity contribution >= 4 is 17.2 Å². The molecule has 3 rings (SSSR count). The van der Waals surface area contributed by atoms with E-state index in [-0.39, 0.29) is 12.5 Å². The van der Waals surface area contributed by atoms with Gasteiger partial charge in [0.15, 0.2) is 10.8 Å². The summed E-state index contributed by atoms with van der Waals surface area (Å²) < 4.78 is 0. The number of carbonyl (C=O) groups excluding carboxylic acids is 1. The van der Waals surface area contributed by atoms with Gasteiger partial charge in [-0.05, 0) is 18.9 Å². The quantitative estimate of drug-likeness (QED) is 0.896. The van der Waals surface area contributed by atoms with Crippen LogP contribution < -0.4 is 5.32 Å². The van der Waals surface area contributed by atoms with E-state index in [1.807, 2.05) is 0 Å². The van der Waals surface area contributed by atoms with Crippen LogP contribution in [0.4, 0.5) is 0 Å². The molecule has 0 unspecified atom stereocenters. The highest BCUT2D eigenvalue weighted by molar-refractivity contribution is 7.16. The molecule has 0 aromatic carbocycles. The van der Waals surface area contributed by atoms with Crippen molar-refractivity contribution in [3.63, 3.8) is 0 Å². The Balaban J connectivity index is 1.75. The van der Waals surface area contributed by atoms with Gasteiger partial charge in [-0.3, -0.25) is 4.79 Å². The molecule has 6 nitrogen and oxygen atoms in total. The normalized spacial score (nSPS) is 16.8. The van der Waals surface area contributed by atoms with Crippen LogP contribution in [0.1, 0.15) is 35.4 Å². The minimum Gasteiger partial charge on any atom is -0.394 e. The van der Waals surface area contributed by atoms with E-state index < -0.39 is 5.54 Å². The molecule has 0 radical (unpaired) electrons. The molecule has 110 valence electrons. The van der Waals surface area contributed by atoms with Crippen molar-refractivity contribution < 1.29 is 9.90 Å². The summed E-state index contributed by atoms with van der Waals surface area (Å²) in [5.74, 6) is 0.324. The predicted molar refractivity (Wildman–Crippen MR) is 78.9 cm³/mol. The Morgan fingerprint density at radius 1 is 1.29 bits per heavy atom. The molecule has 1 aliphatic rings. The average Bonchev–Trinajstić information content (AvgIpc) is 3.18. The molecule has 1 saturated carbocycles. The lowest BCUT2D eigenvalue weighted by atomic mass is 9.99. The molecule has 2 N–H and O–H groups in total. The standard InChI is InChI=1S/C14H16N4O2S/c19-9-14(4-1-2-5-14)18-12(20)10-8-17-13(21-10)11-15-6-3-7-16-11/h3,6-8,19H,1-2,4-5,9H2,(H,18,20). The molecular formula is C14H16N4O2S. The van der Waals surface area contributed by atoms with Crippen LogP contribution >= 0.6 is 11.3 Å². The number of thiazole rings is 1. The van der Waals surface area contributed by atoms with E-state index in [1.165, 1.54) is 17.5 Å². The molecule has 0 aliphatic heterocycles. The zero-order valence-corrected chi connectivity index (χ0v) is 12.3. The number of aliphatic hydroxyl groups excluding tert-OH is 1. The molecule has 7 heteroatoms. The molecule has 2 heterocycles. The molecular weight excluding hydrogens is 288 g/mol. The Morgan fingerprint density at radius 3 is 2.67 bits per heavy atom. The maximum absolute atomic E-state index is 12.3. The highest BCUT2D eigenvalue weighted by Gasteiger charge is 2.35. The average molecular weight is 304 g/mol. The van der Waals surface area contributed by atoms with Gasteiger partial charge in [-0.2, -0.15) is 0 Å². The number of rotatable bonds is 4. The van der Waals surface area contributed by atoms with Gasteiger partial charge in [-0.15, -0.1) is 11.3 Å². The van der Waals surface area contributed by atoms with Gasteiger partial charge < -0.3 is 10.4 Å². The molecule has 0 bridgehead atoms. The molecule has 0 spiro atoms. The van der Waals surface area contributed by atoms with Crippen molar-refractivity contribution in [2.45, 2.75) is 31.2 Å². The lowest BCUT2D eigenvalue weighted by Gasteiger charge is -2.27. The van der Waals surface area contributed by atoms with Crippen LogP contribution in [0.5, 0.6) is 0 Å². The van der Waals surface area contributed by atoms with Gasteiger partial charge in [0.2, 0.25) is 0 Å². The molecule has 1 aliphatic carbocycles. The molecule has 2 aromatic rings. The summed E-state index contributed by atoms with van der Waals surface area (Å²) in [5.41, 5.74) is -0.468. The first-order valence-corrected chi connectivity index (χ1v) is 7.71. The van der Waals surface area contributed by atoms with Crippen molar-refractivity contribution in [3.8, 4) is 10.8 Å². The number of nitrogens with zero attached hydrogens (tertiary/aromatic N) is 3. The van der Waals surface area contributed by atoms with Crippen LogP contribution in [0.3, 0.4) is 0 Å². The molecule has 0 atom stereocenters. The van der Waals surface area contributed by atoms with E-state index in [0.29, 0.717) is 15.7 Å². The summed E-state index contributed by atoms with van der Waals surface area (Å²) in [6, 6.07) is 1.73. The van der Waals surface area contributed by atoms with Crippen LogP contribution in [0.25, 0.3) is 10.8 Å². The summed E-state index contributed by atoms with van der Waals surface area (Å²) >= 11 is 1.26. The summed E-state index contributed by atoms with van der Waals surface area (Å²) in [6.45, 7) is -0.0216. The third-order valence-electron chi connectivity index (χ3n) is 3.73. The SMILES string of the molecule is O=C(NC1(CO)CCCC1)c1cnc(-c2ncccn2)s1. The first-order valence-electron chi connectivity index (χ1n) is 6.89. The topological polar surface area (TPSA) is 88.0 Å². The molecule has 2 aromatic heterocycles. The molecule has 1 amide bonds. The van der Waals surface area contributed by atoms with E-state index in [2.05, 4.69) is 20.3 Å². The van der Waals surface area contributed by atoms with Crippen molar-refractivity contribution in [2.75, 3.05) is 6.61 Å². The van der Waals surface area contributed by atoms with Crippen LogP contribution in [0.15, 0.2) is 24.7 Å². The Labute approximate surface area is 126 Å². The fourth-order valence-electron chi connectivity index (χ4n) is 2.57. The fraction of sp³-hybridized carbons (Fsp3) is 0.429. The van der Waals surface area contributed by atoms with E-state index in [0.717, 1.165) is 25.7 Å². The maximum atomic E-state index is 12.3. The second-order valence-corrected chi connectivity index (χ2v) is 6.23. The Kier molecular flexibility index (Phi) is 3.94. The second-order valence-electron chi connectivity index (χ2n) is 5.20. The largest absolute Gasteiger partial charge is 0.394 e. The highest BCUT2D eigenvalue weighted by Crippen LogP contribution is 2.30. The summed E-state index contributed by atoms with van der Waals surface area (Å²) in [6.07, 6.45) is 8.53. The van der Waals surface area contributed by atoms with Crippen molar-refractivity contribution in [1.29, 1.82) is 0 Å². The van der Waals surface area contributed by atoms with Crippen molar-refractivity contribution in [2.24, 2.45) is 0 Å². The highest BCUT2D eigenvalue weighted by atomic mass is 32.1. The Bertz CT molecular complexity index is 623. The zero-order chi connectivity index (χ0) is 14.7. The Morgan fingerprint density at radius 2 is 2.00 bits per heavy atom. The van der Waals surface area contributed by atoms with E-state index in [4.69, 9.17) is 0 Å². The van der Waals surface area contributed by atoms with E-state index >= 15 is 0 Å². The van der Waals surface area contributed by atoms with Gasteiger partial charge >= 0.3 is 0 Å². The van der Waals surface area contributed by atoms with E-state index in [1.54, 1.807) is 18.5 Å². The lowest BCUT2D eigenvalue weighted by molar-refractivity contribution is 0.0842. The number of carbonyl (C=O) groups is 1. The van der Waals surface area contributed by atoms with Gasteiger partial charge in [0.05, 0.1) is 18.3 Å². The van der Waals surface area contributed by atoms with Crippen LogP contribution in [-0.4, -0.2) is 38.1 Å². The monoisotopic (exact) mass is 304 g/mol. The second kappa shape index (κ2) is 5.87. The minimum absolute atomic E-state index is 0.0216. The number of aliphatic hydroxyl groups is 1. The molecule has 1 fully saturated rings. The lowest BCUT2D eigenvalue weighted by Crippen LogP contribution is -2.49. The number of aromatic nitrogens is 3. The molecule has 0 saturated heterocycles. The summed E-state index contributed by atoms with van der Waals surface area (Å²) in [5, 5.41) is 13.1. The minimum atomic E-state index is -0.468. The first-order chi connectivity index (χ1) is 10.2. The number of nitrogens with one attached hydrogen (secondary N) is 1. The zero-order valence-electron chi connectivity index (χ0n) is 11.5. The molecule has 21 heavy (non-hydrogen) atoms. The van der Waals surface area contributed by atoms with Gasteiger partial charge in [0.1, 0.15) is 4.88 Å². The Hall–Kier alpha value is -1.86. The predicted octanol–water partition coefficient (Wildman–Crippen LogP) is 1.63. The van der Waals surface area contributed by atoms with Gasteiger partial charge in [-0.1, -0.05) is 12.8 Å².